The van der Waals surface area contributed by atoms with Crippen LogP contribution in [-0.2, 0) is 4.79 Å². The highest BCUT2D eigenvalue weighted by Crippen LogP contribution is 2.25. The lowest BCUT2D eigenvalue weighted by molar-refractivity contribution is -0.380. The Morgan fingerprint density at radius 2 is 2.14 bits per heavy atom. The number of nitrogens with zero attached hydrogens (tertiary/aromatic N) is 2. The van der Waals surface area contributed by atoms with E-state index in [0.717, 1.165) is 11.3 Å². The fourth-order valence-electron chi connectivity index (χ4n) is 1.86. The standard InChI is InChI=1S/C12H17N3O6S/c1-7(11(17)13-19)5-8(6-16)14(2)12(18)9-3-4-10(22-9)15(20)21/h3-4,7-8,16,19H,5-6H2,1-2H3,(H,13,17)/t7-,8-/m0/s1. The molecule has 0 aliphatic heterocycles. The van der Waals surface area contributed by atoms with E-state index in [1.165, 1.54) is 29.6 Å². The third-order valence-electron chi connectivity index (χ3n) is 3.24. The van der Waals surface area contributed by atoms with Crippen LogP contribution >= 0.6 is 11.3 Å². The van der Waals surface area contributed by atoms with Crippen LogP contribution in [0.3, 0.4) is 0 Å². The highest BCUT2D eigenvalue weighted by atomic mass is 32.1. The van der Waals surface area contributed by atoms with E-state index in [1.807, 2.05) is 0 Å². The molecule has 10 heteroatoms. The van der Waals surface area contributed by atoms with E-state index >= 15 is 0 Å². The topological polar surface area (TPSA) is 133 Å². The van der Waals surface area contributed by atoms with Crippen LogP contribution in [-0.4, -0.2) is 51.6 Å². The number of nitro groups is 1. The molecule has 1 aromatic heterocycles. The largest absolute Gasteiger partial charge is 0.394 e. The zero-order valence-corrected chi connectivity index (χ0v) is 12.9. The van der Waals surface area contributed by atoms with Crippen LogP contribution in [0.2, 0.25) is 0 Å². The molecule has 0 unspecified atom stereocenters. The number of hydroxylamine groups is 1. The number of hydrogen-bond donors (Lipinski definition) is 3. The Hall–Kier alpha value is -2.04. The van der Waals surface area contributed by atoms with Crippen LogP contribution in [0.25, 0.3) is 0 Å². The Balaban J connectivity index is 2.81. The Labute approximate surface area is 130 Å². The number of thiophene rings is 1. The average molecular weight is 331 g/mol. The van der Waals surface area contributed by atoms with E-state index in [-0.39, 0.29) is 22.9 Å². The highest BCUT2D eigenvalue weighted by Gasteiger charge is 2.26. The van der Waals surface area contributed by atoms with Crippen molar-refractivity contribution < 1.29 is 24.8 Å². The first-order valence-corrected chi connectivity index (χ1v) is 7.19. The van der Waals surface area contributed by atoms with Crippen LogP contribution in [0.1, 0.15) is 23.0 Å². The van der Waals surface area contributed by atoms with Crippen molar-refractivity contribution in [2.24, 2.45) is 5.92 Å². The first kappa shape index (κ1) is 18.0. The van der Waals surface area contributed by atoms with Crippen molar-refractivity contribution in [2.45, 2.75) is 19.4 Å². The lowest BCUT2D eigenvalue weighted by atomic mass is 10.0. The van der Waals surface area contributed by atoms with Gasteiger partial charge >= 0.3 is 5.00 Å². The van der Waals surface area contributed by atoms with E-state index < -0.39 is 28.7 Å². The van der Waals surface area contributed by atoms with Gasteiger partial charge in [-0.1, -0.05) is 18.3 Å². The van der Waals surface area contributed by atoms with Gasteiger partial charge in [0, 0.05) is 19.0 Å². The summed E-state index contributed by atoms with van der Waals surface area (Å²) in [5, 5.41) is 28.4. The van der Waals surface area contributed by atoms with Gasteiger partial charge in [0.1, 0.15) is 0 Å². The molecule has 2 amide bonds. The zero-order chi connectivity index (χ0) is 16.9. The summed E-state index contributed by atoms with van der Waals surface area (Å²) in [7, 11) is 1.44. The van der Waals surface area contributed by atoms with Gasteiger partial charge in [0.15, 0.2) is 0 Å². The van der Waals surface area contributed by atoms with Crippen molar-refractivity contribution in [3.8, 4) is 0 Å². The SMILES string of the molecule is C[C@@H](C[C@@H](CO)N(C)C(=O)c1ccc([N+](=O)[O-])s1)C(=O)NO. The minimum absolute atomic E-state index is 0.138. The molecule has 0 saturated carbocycles. The van der Waals surface area contributed by atoms with E-state index in [4.69, 9.17) is 5.21 Å². The average Bonchev–Trinajstić information content (AvgIpc) is 3.00. The molecule has 22 heavy (non-hydrogen) atoms. The Bertz CT molecular complexity index is 561. The third-order valence-corrected chi connectivity index (χ3v) is 4.27. The van der Waals surface area contributed by atoms with Gasteiger partial charge in [0.05, 0.1) is 22.4 Å². The van der Waals surface area contributed by atoms with Gasteiger partial charge < -0.3 is 10.0 Å². The molecule has 0 fully saturated rings. The number of aliphatic hydroxyl groups is 1. The summed E-state index contributed by atoms with van der Waals surface area (Å²) < 4.78 is 0. The smallest absolute Gasteiger partial charge is 0.324 e. The molecule has 0 aliphatic rings. The number of carbonyl (C=O) groups excluding carboxylic acids is 2. The minimum Gasteiger partial charge on any atom is -0.394 e. The van der Waals surface area contributed by atoms with Crippen molar-refractivity contribution >= 4 is 28.2 Å². The van der Waals surface area contributed by atoms with E-state index in [1.54, 1.807) is 6.92 Å². The predicted molar refractivity (Wildman–Crippen MR) is 77.7 cm³/mol. The fraction of sp³-hybridized carbons (Fsp3) is 0.500. The van der Waals surface area contributed by atoms with Gasteiger partial charge in [0.25, 0.3) is 5.91 Å². The summed E-state index contributed by atoms with van der Waals surface area (Å²) in [6.07, 6.45) is 0.138. The van der Waals surface area contributed by atoms with Crippen molar-refractivity contribution in [1.29, 1.82) is 0 Å². The lowest BCUT2D eigenvalue weighted by Crippen LogP contribution is -2.42. The monoisotopic (exact) mass is 331 g/mol. The number of aliphatic hydroxyl groups excluding tert-OH is 1. The second kappa shape index (κ2) is 7.82. The van der Waals surface area contributed by atoms with E-state index in [2.05, 4.69) is 0 Å². The van der Waals surface area contributed by atoms with Crippen LogP contribution < -0.4 is 5.48 Å². The maximum Gasteiger partial charge on any atom is 0.324 e. The molecule has 1 rings (SSSR count). The number of rotatable bonds is 7. The molecule has 3 N–H and O–H groups in total. The van der Waals surface area contributed by atoms with Gasteiger partial charge in [-0.25, -0.2) is 5.48 Å². The molecular weight excluding hydrogens is 314 g/mol. The number of likely N-dealkylation sites (N-methyl/N-ethyl adjacent to an activating group) is 1. The quantitative estimate of drug-likeness (QED) is 0.381. The fourth-order valence-corrected chi connectivity index (χ4v) is 2.66. The van der Waals surface area contributed by atoms with Crippen molar-refractivity contribution in [3.05, 3.63) is 27.1 Å². The number of hydrogen-bond acceptors (Lipinski definition) is 7. The molecule has 0 spiro atoms. The lowest BCUT2D eigenvalue weighted by Gasteiger charge is -2.27. The molecular formula is C12H17N3O6S. The maximum atomic E-state index is 12.3. The van der Waals surface area contributed by atoms with Crippen molar-refractivity contribution in [1.82, 2.24) is 10.4 Å². The number of nitrogens with one attached hydrogen (secondary N) is 1. The molecule has 0 radical (unpaired) electrons. The summed E-state index contributed by atoms with van der Waals surface area (Å²) in [4.78, 5) is 35.0. The van der Waals surface area contributed by atoms with Crippen LogP contribution in [0, 0.1) is 16.0 Å². The van der Waals surface area contributed by atoms with Crippen LogP contribution in [0.15, 0.2) is 12.1 Å². The second-order valence-electron chi connectivity index (χ2n) is 4.76. The molecule has 0 aliphatic carbocycles. The summed E-state index contributed by atoms with van der Waals surface area (Å²) in [5.74, 6) is -1.71. The molecule has 2 atom stereocenters. The first-order valence-electron chi connectivity index (χ1n) is 6.38. The van der Waals surface area contributed by atoms with Gasteiger partial charge in [-0.2, -0.15) is 0 Å². The second-order valence-corrected chi connectivity index (χ2v) is 5.82. The summed E-state index contributed by atoms with van der Waals surface area (Å²) >= 11 is 0.744. The van der Waals surface area contributed by atoms with Crippen molar-refractivity contribution in [2.75, 3.05) is 13.7 Å². The third kappa shape index (κ3) is 4.23. The zero-order valence-electron chi connectivity index (χ0n) is 12.1. The van der Waals surface area contributed by atoms with Gasteiger partial charge in [0.2, 0.25) is 5.91 Å². The number of amides is 2. The predicted octanol–water partition coefficient (Wildman–Crippen LogP) is 0.621. The normalized spacial score (nSPS) is 13.3. The molecule has 0 bridgehead atoms. The molecule has 122 valence electrons. The number of carbonyl (C=O) groups is 2. The van der Waals surface area contributed by atoms with Gasteiger partial charge in [-0.15, -0.1) is 0 Å². The highest BCUT2D eigenvalue weighted by molar-refractivity contribution is 7.17. The van der Waals surface area contributed by atoms with Crippen LogP contribution in [0.4, 0.5) is 5.00 Å². The molecule has 0 aromatic carbocycles. The first-order chi connectivity index (χ1) is 10.3. The molecule has 0 saturated heterocycles. The van der Waals surface area contributed by atoms with E-state index in [0.29, 0.717) is 0 Å². The van der Waals surface area contributed by atoms with E-state index in [9.17, 15) is 24.8 Å². The Morgan fingerprint density at radius 1 is 1.50 bits per heavy atom. The van der Waals surface area contributed by atoms with Gasteiger partial charge in [-0.3, -0.25) is 24.9 Å². The van der Waals surface area contributed by atoms with Crippen LogP contribution in [0.5, 0.6) is 0 Å². The van der Waals surface area contributed by atoms with Crippen molar-refractivity contribution in [3.63, 3.8) is 0 Å². The Kier molecular flexibility index (Phi) is 6.40. The summed E-state index contributed by atoms with van der Waals surface area (Å²) in [6.45, 7) is 1.17. The molecule has 9 nitrogen and oxygen atoms in total. The Morgan fingerprint density at radius 3 is 2.59 bits per heavy atom. The molecule has 1 heterocycles. The minimum atomic E-state index is -0.652. The summed E-state index contributed by atoms with van der Waals surface area (Å²) in [6, 6.07) is 1.93. The van der Waals surface area contributed by atoms with Gasteiger partial charge in [-0.05, 0) is 12.5 Å². The summed E-state index contributed by atoms with van der Waals surface area (Å²) in [5.41, 5.74) is 1.51. The molecule has 1 aromatic rings. The maximum absolute atomic E-state index is 12.3.